The number of nitrogens with zero attached hydrogens (tertiary/aromatic N) is 5. The fourth-order valence-electron chi connectivity index (χ4n) is 2.18. The molecule has 1 aliphatic heterocycles. The molecule has 1 saturated heterocycles. The molecule has 104 valence electrons. The molecule has 6 nitrogen and oxygen atoms in total. The van der Waals surface area contributed by atoms with Gasteiger partial charge in [-0.1, -0.05) is 0 Å². The number of nitrogens with one attached hydrogen (secondary N) is 1. The third-order valence-corrected chi connectivity index (χ3v) is 3.40. The van der Waals surface area contributed by atoms with E-state index in [4.69, 9.17) is 0 Å². The van der Waals surface area contributed by atoms with Gasteiger partial charge in [-0.2, -0.15) is 0 Å². The van der Waals surface area contributed by atoms with Gasteiger partial charge < -0.3 is 15.1 Å². The second-order valence-electron chi connectivity index (χ2n) is 4.89. The first-order valence-electron chi connectivity index (χ1n) is 6.75. The first kappa shape index (κ1) is 12.8. The fraction of sp³-hybridized carbons (Fsp3) is 0.357. The van der Waals surface area contributed by atoms with Crippen LogP contribution in [0, 0.1) is 0 Å². The summed E-state index contributed by atoms with van der Waals surface area (Å²) in [6, 6.07) is 5.84. The summed E-state index contributed by atoms with van der Waals surface area (Å²) in [5, 5.41) is 3.13. The predicted molar refractivity (Wildman–Crippen MR) is 79.3 cm³/mol. The van der Waals surface area contributed by atoms with E-state index in [0.717, 1.165) is 37.7 Å². The van der Waals surface area contributed by atoms with E-state index in [1.807, 2.05) is 18.3 Å². The van der Waals surface area contributed by atoms with Gasteiger partial charge in [-0.05, 0) is 25.2 Å². The maximum Gasteiger partial charge on any atom is 0.227 e. The van der Waals surface area contributed by atoms with E-state index in [0.29, 0.717) is 5.95 Å². The fourth-order valence-corrected chi connectivity index (χ4v) is 2.18. The highest BCUT2D eigenvalue weighted by atomic mass is 15.3. The van der Waals surface area contributed by atoms with Gasteiger partial charge in [-0.15, -0.1) is 0 Å². The highest BCUT2D eigenvalue weighted by molar-refractivity contribution is 5.54. The van der Waals surface area contributed by atoms with E-state index in [1.165, 1.54) is 0 Å². The van der Waals surface area contributed by atoms with Gasteiger partial charge in [0.2, 0.25) is 5.95 Å². The van der Waals surface area contributed by atoms with Crippen LogP contribution in [0.4, 0.5) is 17.5 Å². The number of anilines is 3. The third kappa shape index (κ3) is 3.03. The average molecular weight is 270 g/mol. The van der Waals surface area contributed by atoms with Crippen LogP contribution in [0.5, 0.6) is 0 Å². The second kappa shape index (κ2) is 5.83. The molecule has 0 spiro atoms. The minimum Gasteiger partial charge on any atom is -0.354 e. The standard InChI is InChI=1S/C14H18N6/c1-19-7-9-20(10-8-19)13-4-3-12(11-17-13)18-14-15-5-2-6-16-14/h2-6,11H,7-10H2,1H3,(H,15,16,18). The Hall–Kier alpha value is -2.21. The molecule has 0 aromatic carbocycles. The molecule has 6 heteroatoms. The highest BCUT2D eigenvalue weighted by Gasteiger charge is 2.14. The molecular weight excluding hydrogens is 252 g/mol. The molecule has 0 amide bonds. The van der Waals surface area contributed by atoms with Crippen molar-refractivity contribution in [2.45, 2.75) is 0 Å². The van der Waals surface area contributed by atoms with Crippen molar-refractivity contribution in [1.82, 2.24) is 19.9 Å². The normalized spacial score (nSPS) is 16.1. The molecule has 20 heavy (non-hydrogen) atoms. The second-order valence-corrected chi connectivity index (χ2v) is 4.89. The molecule has 3 rings (SSSR count). The molecule has 0 radical (unpaired) electrons. The first-order chi connectivity index (χ1) is 9.81. The van der Waals surface area contributed by atoms with Gasteiger partial charge in [0.25, 0.3) is 0 Å². The lowest BCUT2D eigenvalue weighted by molar-refractivity contribution is 0.312. The zero-order valence-corrected chi connectivity index (χ0v) is 11.5. The smallest absolute Gasteiger partial charge is 0.227 e. The van der Waals surface area contributed by atoms with Crippen LogP contribution >= 0.6 is 0 Å². The maximum absolute atomic E-state index is 4.51. The Morgan fingerprint density at radius 3 is 2.40 bits per heavy atom. The third-order valence-electron chi connectivity index (χ3n) is 3.40. The van der Waals surface area contributed by atoms with Crippen LogP contribution in [-0.2, 0) is 0 Å². The zero-order chi connectivity index (χ0) is 13.8. The van der Waals surface area contributed by atoms with E-state index >= 15 is 0 Å². The van der Waals surface area contributed by atoms with Crippen molar-refractivity contribution < 1.29 is 0 Å². The quantitative estimate of drug-likeness (QED) is 0.909. The Kier molecular flexibility index (Phi) is 3.73. The molecule has 1 N–H and O–H groups in total. The molecule has 0 bridgehead atoms. The number of aromatic nitrogens is 3. The molecule has 0 atom stereocenters. The molecule has 0 saturated carbocycles. The summed E-state index contributed by atoms with van der Waals surface area (Å²) in [6.45, 7) is 4.22. The van der Waals surface area contributed by atoms with Crippen molar-refractivity contribution in [3.05, 3.63) is 36.8 Å². The average Bonchev–Trinajstić information content (AvgIpc) is 2.50. The van der Waals surface area contributed by atoms with Crippen LogP contribution in [0.1, 0.15) is 0 Å². The summed E-state index contributed by atoms with van der Waals surface area (Å²) in [4.78, 5) is 17.4. The van der Waals surface area contributed by atoms with Gasteiger partial charge in [-0.3, -0.25) is 0 Å². The SMILES string of the molecule is CN1CCN(c2ccc(Nc3ncccn3)cn2)CC1. The van der Waals surface area contributed by atoms with Gasteiger partial charge in [0, 0.05) is 38.6 Å². The number of pyridine rings is 1. The number of likely N-dealkylation sites (N-methyl/N-ethyl adjacent to an activating group) is 1. The van der Waals surface area contributed by atoms with Crippen molar-refractivity contribution in [2.75, 3.05) is 43.4 Å². The number of rotatable bonds is 3. The van der Waals surface area contributed by atoms with Crippen molar-refractivity contribution >= 4 is 17.5 Å². The Labute approximate surface area is 118 Å². The lowest BCUT2D eigenvalue weighted by Crippen LogP contribution is -2.44. The predicted octanol–water partition coefficient (Wildman–Crippen LogP) is 1.37. The lowest BCUT2D eigenvalue weighted by Gasteiger charge is -2.33. The van der Waals surface area contributed by atoms with E-state index in [9.17, 15) is 0 Å². The topological polar surface area (TPSA) is 57.2 Å². The molecule has 2 aromatic rings. The Bertz CT molecular complexity index is 533. The molecule has 2 aromatic heterocycles. The van der Waals surface area contributed by atoms with Crippen molar-refractivity contribution in [3.63, 3.8) is 0 Å². The largest absolute Gasteiger partial charge is 0.354 e. The van der Waals surface area contributed by atoms with Crippen LogP contribution in [0.3, 0.4) is 0 Å². The molecule has 1 aliphatic rings. The maximum atomic E-state index is 4.51. The minimum atomic E-state index is 0.585. The van der Waals surface area contributed by atoms with Crippen LogP contribution < -0.4 is 10.2 Å². The Morgan fingerprint density at radius 1 is 1.00 bits per heavy atom. The summed E-state index contributed by atoms with van der Waals surface area (Å²) in [5.74, 6) is 1.61. The Morgan fingerprint density at radius 2 is 1.75 bits per heavy atom. The molecular formula is C14H18N6. The minimum absolute atomic E-state index is 0.585. The molecule has 1 fully saturated rings. The van der Waals surface area contributed by atoms with Crippen molar-refractivity contribution in [1.29, 1.82) is 0 Å². The number of piperazine rings is 1. The summed E-state index contributed by atoms with van der Waals surface area (Å²) in [7, 11) is 2.15. The molecule has 0 aliphatic carbocycles. The van der Waals surface area contributed by atoms with Crippen LogP contribution in [0.2, 0.25) is 0 Å². The zero-order valence-electron chi connectivity index (χ0n) is 11.5. The van der Waals surface area contributed by atoms with Gasteiger partial charge in [0.15, 0.2) is 0 Å². The van der Waals surface area contributed by atoms with E-state index < -0.39 is 0 Å². The van der Waals surface area contributed by atoms with Crippen LogP contribution in [0.25, 0.3) is 0 Å². The lowest BCUT2D eigenvalue weighted by atomic mass is 10.3. The van der Waals surface area contributed by atoms with Crippen LogP contribution in [0.15, 0.2) is 36.8 Å². The summed E-state index contributed by atoms with van der Waals surface area (Å²) in [5.41, 5.74) is 0.897. The highest BCUT2D eigenvalue weighted by Crippen LogP contribution is 2.17. The van der Waals surface area contributed by atoms with E-state index in [-0.39, 0.29) is 0 Å². The first-order valence-corrected chi connectivity index (χ1v) is 6.75. The van der Waals surface area contributed by atoms with Crippen molar-refractivity contribution in [2.24, 2.45) is 0 Å². The van der Waals surface area contributed by atoms with E-state index in [1.54, 1.807) is 18.5 Å². The number of hydrogen-bond acceptors (Lipinski definition) is 6. The Balaban J connectivity index is 1.65. The molecule has 3 heterocycles. The summed E-state index contributed by atoms with van der Waals surface area (Å²) >= 11 is 0. The van der Waals surface area contributed by atoms with Gasteiger partial charge in [0.1, 0.15) is 5.82 Å². The van der Waals surface area contributed by atoms with E-state index in [2.05, 4.69) is 37.1 Å². The van der Waals surface area contributed by atoms with Crippen LogP contribution in [-0.4, -0.2) is 53.1 Å². The number of hydrogen-bond donors (Lipinski definition) is 1. The van der Waals surface area contributed by atoms with Gasteiger partial charge in [0.05, 0.1) is 11.9 Å². The monoisotopic (exact) mass is 270 g/mol. The summed E-state index contributed by atoms with van der Waals surface area (Å²) in [6.07, 6.45) is 5.24. The molecule has 0 unspecified atom stereocenters. The van der Waals surface area contributed by atoms with Gasteiger partial charge in [-0.25, -0.2) is 15.0 Å². The summed E-state index contributed by atoms with van der Waals surface area (Å²) < 4.78 is 0. The van der Waals surface area contributed by atoms with Gasteiger partial charge >= 0.3 is 0 Å². The van der Waals surface area contributed by atoms with Crippen molar-refractivity contribution in [3.8, 4) is 0 Å².